The van der Waals surface area contributed by atoms with Gasteiger partial charge >= 0.3 is 0 Å². The van der Waals surface area contributed by atoms with Crippen LogP contribution in [0.25, 0.3) is 0 Å². The van der Waals surface area contributed by atoms with Crippen molar-refractivity contribution in [3.05, 3.63) is 35.6 Å². The van der Waals surface area contributed by atoms with Gasteiger partial charge < -0.3 is 5.73 Å². The third-order valence-electron chi connectivity index (χ3n) is 3.90. The second-order valence-electron chi connectivity index (χ2n) is 5.05. The van der Waals surface area contributed by atoms with Crippen LogP contribution in [0, 0.1) is 5.82 Å². The zero-order valence-corrected chi connectivity index (χ0v) is 10.6. The summed E-state index contributed by atoms with van der Waals surface area (Å²) in [6.07, 6.45) is 2.50. The average Bonchev–Trinajstić information content (AvgIpc) is 2.74. The van der Waals surface area contributed by atoms with Crippen LogP contribution in [0.1, 0.15) is 38.3 Å². The largest absolute Gasteiger partial charge is 0.323 e. The first-order valence-electron chi connectivity index (χ1n) is 6.36. The van der Waals surface area contributed by atoms with Crippen molar-refractivity contribution in [1.29, 1.82) is 0 Å². The van der Waals surface area contributed by atoms with Crippen LogP contribution >= 0.6 is 0 Å². The minimum absolute atomic E-state index is 0.0452. The van der Waals surface area contributed by atoms with Crippen molar-refractivity contribution in [2.45, 2.75) is 44.8 Å². The Balaban J connectivity index is 2.08. The molecule has 0 bridgehead atoms. The second kappa shape index (κ2) is 5.15. The molecule has 1 aromatic carbocycles. The highest BCUT2D eigenvalue weighted by Crippen LogP contribution is 2.26. The minimum atomic E-state index is -0.205. The van der Waals surface area contributed by atoms with Gasteiger partial charge in [0.15, 0.2) is 0 Å². The molecule has 0 amide bonds. The van der Waals surface area contributed by atoms with Crippen molar-refractivity contribution in [2.75, 3.05) is 6.54 Å². The molecule has 3 unspecified atom stereocenters. The van der Waals surface area contributed by atoms with Crippen LogP contribution in [-0.2, 0) is 0 Å². The highest BCUT2D eigenvalue weighted by Gasteiger charge is 2.28. The van der Waals surface area contributed by atoms with E-state index in [1.54, 1.807) is 12.1 Å². The maximum Gasteiger partial charge on any atom is 0.123 e. The summed E-state index contributed by atoms with van der Waals surface area (Å²) in [7, 11) is 0. The van der Waals surface area contributed by atoms with Crippen LogP contribution < -0.4 is 5.73 Å². The van der Waals surface area contributed by atoms with E-state index in [9.17, 15) is 4.39 Å². The van der Waals surface area contributed by atoms with Crippen molar-refractivity contribution >= 4 is 0 Å². The lowest BCUT2D eigenvalue weighted by atomic mass is 10.00. The molecule has 0 aliphatic carbocycles. The number of halogens is 1. The van der Waals surface area contributed by atoms with Crippen molar-refractivity contribution in [2.24, 2.45) is 5.73 Å². The quantitative estimate of drug-likeness (QED) is 0.874. The first-order valence-corrected chi connectivity index (χ1v) is 6.36. The minimum Gasteiger partial charge on any atom is -0.323 e. The van der Waals surface area contributed by atoms with Crippen LogP contribution in [0.4, 0.5) is 4.39 Å². The van der Waals surface area contributed by atoms with Crippen LogP contribution in [0.5, 0.6) is 0 Å². The number of likely N-dealkylation sites (tertiary alicyclic amines) is 1. The standard InChI is InChI=1S/C14H21FN2/c1-10-4-3-9-17(10)11(2)14(16)12-5-7-13(15)8-6-12/h5-8,10-11,14H,3-4,9,16H2,1-2H3. The van der Waals surface area contributed by atoms with Gasteiger partial charge in [-0.1, -0.05) is 12.1 Å². The van der Waals surface area contributed by atoms with E-state index < -0.39 is 0 Å². The fraction of sp³-hybridized carbons (Fsp3) is 0.571. The van der Waals surface area contributed by atoms with E-state index in [-0.39, 0.29) is 11.9 Å². The summed E-state index contributed by atoms with van der Waals surface area (Å²) in [5, 5.41) is 0. The van der Waals surface area contributed by atoms with Crippen LogP contribution in [-0.4, -0.2) is 23.5 Å². The van der Waals surface area contributed by atoms with E-state index in [2.05, 4.69) is 18.7 Å². The molecule has 3 heteroatoms. The zero-order chi connectivity index (χ0) is 12.4. The Morgan fingerprint density at radius 3 is 2.53 bits per heavy atom. The predicted octanol–water partition coefficient (Wildman–Crippen LogP) is 2.70. The molecule has 0 aromatic heterocycles. The third kappa shape index (κ3) is 2.67. The summed E-state index contributed by atoms with van der Waals surface area (Å²) in [5.74, 6) is -0.205. The van der Waals surface area contributed by atoms with Crippen molar-refractivity contribution < 1.29 is 4.39 Å². The molecule has 0 radical (unpaired) electrons. The van der Waals surface area contributed by atoms with E-state index in [0.717, 1.165) is 12.1 Å². The molecule has 1 aliphatic rings. The Bertz CT molecular complexity index is 363. The number of nitrogens with two attached hydrogens (primary N) is 1. The predicted molar refractivity (Wildman–Crippen MR) is 68.2 cm³/mol. The van der Waals surface area contributed by atoms with Crippen LogP contribution in [0.15, 0.2) is 24.3 Å². The van der Waals surface area contributed by atoms with E-state index in [4.69, 9.17) is 5.73 Å². The van der Waals surface area contributed by atoms with Gasteiger partial charge in [0.25, 0.3) is 0 Å². The smallest absolute Gasteiger partial charge is 0.123 e. The van der Waals surface area contributed by atoms with Crippen molar-refractivity contribution in [3.8, 4) is 0 Å². The molecular formula is C14H21FN2. The number of rotatable bonds is 3. The molecular weight excluding hydrogens is 215 g/mol. The van der Waals surface area contributed by atoms with Crippen molar-refractivity contribution in [3.63, 3.8) is 0 Å². The topological polar surface area (TPSA) is 29.3 Å². The fourth-order valence-electron chi connectivity index (χ4n) is 2.73. The number of benzene rings is 1. The van der Waals surface area contributed by atoms with Gasteiger partial charge in [-0.15, -0.1) is 0 Å². The van der Waals surface area contributed by atoms with Gasteiger partial charge in [-0.2, -0.15) is 0 Å². The van der Waals surface area contributed by atoms with E-state index in [1.165, 1.54) is 25.0 Å². The lowest BCUT2D eigenvalue weighted by Gasteiger charge is -2.33. The van der Waals surface area contributed by atoms with Gasteiger partial charge in [0, 0.05) is 18.1 Å². The maximum absolute atomic E-state index is 12.9. The summed E-state index contributed by atoms with van der Waals surface area (Å²) in [6, 6.07) is 7.41. The molecule has 94 valence electrons. The zero-order valence-electron chi connectivity index (χ0n) is 10.6. The average molecular weight is 236 g/mol. The molecule has 1 aliphatic heterocycles. The van der Waals surface area contributed by atoms with Gasteiger partial charge in [-0.25, -0.2) is 4.39 Å². The highest BCUT2D eigenvalue weighted by molar-refractivity contribution is 5.21. The lowest BCUT2D eigenvalue weighted by molar-refractivity contribution is 0.178. The SMILES string of the molecule is CC1CCCN1C(C)C(N)c1ccc(F)cc1. The number of nitrogens with zero attached hydrogens (tertiary/aromatic N) is 1. The third-order valence-corrected chi connectivity index (χ3v) is 3.90. The molecule has 1 fully saturated rings. The van der Waals surface area contributed by atoms with E-state index in [1.807, 2.05) is 0 Å². The van der Waals surface area contributed by atoms with Crippen LogP contribution in [0.3, 0.4) is 0 Å². The van der Waals surface area contributed by atoms with Gasteiger partial charge in [0.1, 0.15) is 5.82 Å². The second-order valence-corrected chi connectivity index (χ2v) is 5.05. The number of hydrogen-bond donors (Lipinski definition) is 1. The normalized spacial score (nSPS) is 24.8. The monoisotopic (exact) mass is 236 g/mol. The molecule has 0 saturated carbocycles. The Morgan fingerprint density at radius 2 is 2.00 bits per heavy atom. The summed E-state index contributed by atoms with van der Waals surface area (Å²) in [6.45, 7) is 5.54. The van der Waals surface area contributed by atoms with E-state index in [0.29, 0.717) is 12.1 Å². The molecule has 0 spiro atoms. The molecule has 2 N–H and O–H groups in total. The van der Waals surface area contributed by atoms with Gasteiger partial charge in [0.05, 0.1) is 0 Å². The lowest BCUT2D eigenvalue weighted by Crippen LogP contribution is -2.42. The Kier molecular flexibility index (Phi) is 3.79. The molecule has 2 nitrogen and oxygen atoms in total. The summed E-state index contributed by atoms with van der Waals surface area (Å²) in [4.78, 5) is 2.45. The van der Waals surface area contributed by atoms with Crippen LogP contribution in [0.2, 0.25) is 0 Å². The molecule has 2 rings (SSSR count). The fourth-order valence-corrected chi connectivity index (χ4v) is 2.73. The Labute approximate surface area is 103 Å². The Hall–Kier alpha value is -0.930. The van der Waals surface area contributed by atoms with Gasteiger partial charge in [-0.05, 0) is 50.9 Å². The molecule has 1 heterocycles. The van der Waals surface area contributed by atoms with Crippen molar-refractivity contribution in [1.82, 2.24) is 4.90 Å². The molecule has 1 saturated heterocycles. The van der Waals surface area contributed by atoms with Gasteiger partial charge in [-0.3, -0.25) is 4.90 Å². The highest BCUT2D eigenvalue weighted by atomic mass is 19.1. The Morgan fingerprint density at radius 1 is 1.35 bits per heavy atom. The first-order chi connectivity index (χ1) is 8.09. The maximum atomic E-state index is 12.9. The summed E-state index contributed by atoms with van der Waals surface area (Å²) < 4.78 is 12.9. The van der Waals surface area contributed by atoms with E-state index >= 15 is 0 Å². The summed E-state index contributed by atoms with van der Waals surface area (Å²) in [5.41, 5.74) is 7.28. The number of hydrogen-bond acceptors (Lipinski definition) is 2. The van der Waals surface area contributed by atoms with Gasteiger partial charge in [0.2, 0.25) is 0 Å². The molecule has 1 aromatic rings. The molecule has 3 atom stereocenters. The first kappa shape index (κ1) is 12.5. The summed E-state index contributed by atoms with van der Waals surface area (Å²) >= 11 is 0. The molecule has 17 heavy (non-hydrogen) atoms.